The van der Waals surface area contributed by atoms with Crippen LogP contribution in [-0.2, 0) is 6.54 Å². The highest BCUT2D eigenvalue weighted by Crippen LogP contribution is 2.19. The normalized spacial score (nSPS) is 10.8. The lowest BCUT2D eigenvalue weighted by Gasteiger charge is -2.20. The van der Waals surface area contributed by atoms with Gasteiger partial charge in [0, 0.05) is 18.1 Å². The number of thiocarbonyl (C=S) groups is 1. The number of hydrogen-bond donors (Lipinski definition) is 1. The summed E-state index contributed by atoms with van der Waals surface area (Å²) in [5.74, 6) is 0. The fourth-order valence-electron chi connectivity index (χ4n) is 1.52. The Hall–Kier alpha value is -0.640. The van der Waals surface area contributed by atoms with Crippen molar-refractivity contribution in [3.63, 3.8) is 0 Å². The van der Waals surface area contributed by atoms with Gasteiger partial charge in [-0.15, -0.1) is 0 Å². The number of rotatable bonds is 5. The van der Waals surface area contributed by atoms with E-state index in [-0.39, 0.29) is 0 Å². The van der Waals surface area contributed by atoms with Crippen molar-refractivity contribution in [3.05, 3.63) is 34.3 Å². The second-order valence-electron chi connectivity index (χ2n) is 3.86. The van der Waals surface area contributed by atoms with Crippen LogP contribution in [0.4, 0.5) is 0 Å². The minimum atomic E-state index is 0.519. The van der Waals surface area contributed by atoms with Crippen LogP contribution in [0.3, 0.4) is 0 Å². The molecule has 1 aromatic carbocycles. The summed E-state index contributed by atoms with van der Waals surface area (Å²) in [6.07, 6.45) is 0. The molecule has 0 amide bonds. The molecule has 0 aliphatic carbocycles. The maximum absolute atomic E-state index is 6.18. The first-order valence-corrected chi connectivity index (χ1v) is 6.07. The van der Waals surface area contributed by atoms with Crippen molar-refractivity contribution in [1.82, 2.24) is 4.90 Å². The summed E-state index contributed by atoms with van der Waals surface area (Å²) >= 11 is 11.1. The molecule has 1 aromatic rings. The average Bonchev–Trinajstić information content (AvgIpc) is 2.20. The van der Waals surface area contributed by atoms with Crippen LogP contribution in [0.1, 0.15) is 18.1 Å². The van der Waals surface area contributed by atoms with Gasteiger partial charge in [-0.25, -0.2) is 0 Å². The zero-order valence-corrected chi connectivity index (χ0v) is 11.2. The maximum Gasteiger partial charge on any atom is 0.0870 e. The fourth-order valence-corrected chi connectivity index (χ4v) is 2.00. The van der Waals surface area contributed by atoms with Gasteiger partial charge in [0.15, 0.2) is 0 Å². The highest BCUT2D eigenvalue weighted by Gasteiger charge is 2.07. The number of hydrogen-bond acceptors (Lipinski definition) is 2. The van der Waals surface area contributed by atoms with Crippen molar-refractivity contribution < 1.29 is 0 Å². The van der Waals surface area contributed by atoms with E-state index in [0.717, 1.165) is 23.7 Å². The molecule has 0 saturated heterocycles. The molecule has 0 spiro atoms. The van der Waals surface area contributed by atoms with Crippen molar-refractivity contribution in [2.75, 3.05) is 13.1 Å². The third-order valence-electron chi connectivity index (χ3n) is 2.43. The molecule has 0 bridgehead atoms. The first-order valence-electron chi connectivity index (χ1n) is 5.28. The summed E-state index contributed by atoms with van der Waals surface area (Å²) < 4.78 is 0. The first-order chi connectivity index (χ1) is 7.52. The van der Waals surface area contributed by atoms with Gasteiger partial charge in [-0.05, 0) is 30.7 Å². The zero-order chi connectivity index (χ0) is 12.1. The predicted octanol–water partition coefficient (Wildman–Crippen LogP) is 2.76. The summed E-state index contributed by atoms with van der Waals surface area (Å²) in [4.78, 5) is 2.68. The molecule has 0 saturated carbocycles. The summed E-state index contributed by atoms with van der Waals surface area (Å²) in [5, 5.41) is 0.807. The number of nitrogens with zero attached hydrogens (tertiary/aromatic N) is 1. The molecule has 88 valence electrons. The quantitative estimate of drug-likeness (QED) is 0.822. The van der Waals surface area contributed by atoms with Gasteiger partial charge in [-0.2, -0.15) is 0 Å². The summed E-state index contributed by atoms with van der Waals surface area (Å²) in [5.41, 5.74) is 7.83. The first kappa shape index (κ1) is 13.4. The Morgan fingerprint density at radius 3 is 2.69 bits per heavy atom. The summed E-state index contributed by atoms with van der Waals surface area (Å²) in [6, 6.07) is 6.10. The van der Waals surface area contributed by atoms with Gasteiger partial charge in [0.2, 0.25) is 0 Å². The number of benzene rings is 1. The monoisotopic (exact) mass is 256 g/mol. The van der Waals surface area contributed by atoms with Crippen LogP contribution in [0.2, 0.25) is 5.02 Å². The Kier molecular flexibility index (Phi) is 5.19. The second kappa shape index (κ2) is 6.18. The van der Waals surface area contributed by atoms with Gasteiger partial charge in [0.1, 0.15) is 0 Å². The van der Waals surface area contributed by atoms with Crippen LogP contribution in [-0.4, -0.2) is 23.0 Å². The Labute approximate surface area is 107 Å². The van der Waals surface area contributed by atoms with E-state index in [2.05, 4.69) is 24.0 Å². The Bertz CT molecular complexity index is 379. The van der Waals surface area contributed by atoms with Crippen molar-refractivity contribution in [2.45, 2.75) is 20.4 Å². The van der Waals surface area contributed by atoms with E-state index < -0.39 is 0 Å². The molecule has 0 heterocycles. The number of halogens is 1. The van der Waals surface area contributed by atoms with Crippen molar-refractivity contribution in [1.29, 1.82) is 0 Å². The van der Waals surface area contributed by atoms with Crippen LogP contribution in [0, 0.1) is 6.92 Å². The molecule has 0 aromatic heterocycles. The molecule has 0 radical (unpaired) electrons. The van der Waals surface area contributed by atoms with Gasteiger partial charge in [0.25, 0.3) is 0 Å². The molecule has 2 N–H and O–H groups in total. The lowest BCUT2D eigenvalue weighted by Crippen LogP contribution is -2.32. The molecule has 4 heteroatoms. The Morgan fingerprint density at radius 1 is 1.50 bits per heavy atom. The van der Waals surface area contributed by atoms with E-state index in [0.29, 0.717) is 11.5 Å². The molecule has 0 fully saturated rings. The van der Waals surface area contributed by atoms with E-state index >= 15 is 0 Å². The second-order valence-corrected chi connectivity index (χ2v) is 4.80. The Morgan fingerprint density at radius 2 is 2.19 bits per heavy atom. The van der Waals surface area contributed by atoms with Crippen molar-refractivity contribution >= 4 is 28.8 Å². The van der Waals surface area contributed by atoms with Gasteiger partial charge in [-0.3, -0.25) is 4.90 Å². The zero-order valence-electron chi connectivity index (χ0n) is 9.66. The van der Waals surface area contributed by atoms with E-state index in [1.54, 1.807) is 0 Å². The molecule has 0 unspecified atom stereocenters. The van der Waals surface area contributed by atoms with Crippen LogP contribution in [0.25, 0.3) is 0 Å². The average molecular weight is 257 g/mol. The number of aryl methyl sites for hydroxylation is 1. The molecule has 0 aliphatic rings. The highest BCUT2D eigenvalue weighted by atomic mass is 35.5. The van der Waals surface area contributed by atoms with Gasteiger partial charge in [0.05, 0.1) is 4.99 Å². The van der Waals surface area contributed by atoms with E-state index in [9.17, 15) is 0 Å². The standard InChI is InChI=1S/C12H17ClN2S/c1-3-15(8-12(14)16)7-10-5-4-9(2)6-11(10)13/h4-6H,3,7-8H2,1-2H3,(H2,14,16). The molecule has 16 heavy (non-hydrogen) atoms. The van der Waals surface area contributed by atoms with Crippen molar-refractivity contribution in [3.8, 4) is 0 Å². The smallest absolute Gasteiger partial charge is 0.0870 e. The minimum absolute atomic E-state index is 0.519. The topological polar surface area (TPSA) is 29.3 Å². The van der Waals surface area contributed by atoms with E-state index in [4.69, 9.17) is 29.6 Å². The van der Waals surface area contributed by atoms with E-state index in [1.165, 1.54) is 5.56 Å². The Balaban J connectivity index is 2.73. The predicted molar refractivity (Wildman–Crippen MR) is 73.9 cm³/mol. The lowest BCUT2D eigenvalue weighted by atomic mass is 10.1. The summed E-state index contributed by atoms with van der Waals surface area (Å²) in [7, 11) is 0. The van der Waals surface area contributed by atoms with Gasteiger partial charge < -0.3 is 5.73 Å². The highest BCUT2D eigenvalue weighted by molar-refractivity contribution is 7.80. The van der Waals surface area contributed by atoms with E-state index in [1.807, 2.05) is 13.0 Å². The van der Waals surface area contributed by atoms with Crippen LogP contribution < -0.4 is 5.73 Å². The molecular formula is C12H17ClN2S. The fraction of sp³-hybridized carbons (Fsp3) is 0.417. The maximum atomic E-state index is 6.18. The number of likely N-dealkylation sites (N-methyl/N-ethyl adjacent to an activating group) is 1. The SMILES string of the molecule is CCN(CC(N)=S)Cc1ccc(C)cc1Cl. The lowest BCUT2D eigenvalue weighted by molar-refractivity contribution is 0.321. The molecule has 2 nitrogen and oxygen atoms in total. The van der Waals surface area contributed by atoms with Crippen molar-refractivity contribution in [2.24, 2.45) is 5.73 Å². The van der Waals surface area contributed by atoms with Crippen LogP contribution in [0.5, 0.6) is 0 Å². The van der Waals surface area contributed by atoms with Crippen LogP contribution >= 0.6 is 23.8 Å². The third kappa shape index (κ3) is 4.08. The van der Waals surface area contributed by atoms with Gasteiger partial charge >= 0.3 is 0 Å². The molecular weight excluding hydrogens is 240 g/mol. The number of nitrogens with two attached hydrogens (primary N) is 1. The molecule has 0 aliphatic heterocycles. The van der Waals surface area contributed by atoms with Crippen LogP contribution in [0.15, 0.2) is 18.2 Å². The van der Waals surface area contributed by atoms with Gasteiger partial charge in [-0.1, -0.05) is 42.9 Å². The molecule has 0 atom stereocenters. The largest absolute Gasteiger partial charge is 0.392 e. The minimum Gasteiger partial charge on any atom is -0.392 e. The molecule has 1 rings (SSSR count). The summed E-state index contributed by atoms with van der Waals surface area (Å²) in [6.45, 7) is 6.44. The third-order valence-corrected chi connectivity index (χ3v) is 2.91.